The number of nitrogens with one attached hydrogen (secondary N) is 1. The molecule has 0 aliphatic rings. The van der Waals surface area contributed by atoms with Crippen LogP contribution >= 0.6 is 27.5 Å². The molecule has 0 bridgehead atoms. The van der Waals surface area contributed by atoms with E-state index in [1.165, 1.54) is 12.1 Å². The van der Waals surface area contributed by atoms with E-state index >= 15 is 0 Å². The monoisotopic (exact) mass is 321 g/mol. The Balaban J connectivity index is 2.72. The van der Waals surface area contributed by atoms with E-state index in [1.807, 2.05) is 0 Å². The average molecular weight is 323 g/mol. The van der Waals surface area contributed by atoms with Crippen molar-refractivity contribution in [3.8, 4) is 0 Å². The molecule has 1 aromatic rings. The summed E-state index contributed by atoms with van der Waals surface area (Å²) in [5, 5.41) is 3.47. The number of halogens is 3. The molecule has 1 rings (SSSR count). The first kappa shape index (κ1) is 14.9. The van der Waals surface area contributed by atoms with Gasteiger partial charge in [0.25, 0.3) is 0 Å². The van der Waals surface area contributed by atoms with E-state index < -0.39 is 0 Å². The zero-order chi connectivity index (χ0) is 12.9. The molecule has 0 heterocycles. The van der Waals surface area contributed by atoms with Crippen LogP contribution in [0.3, 0.4) is 0 Å². The van der Waals surface area contributed by atoms with E-state index in [2.05, 4.69) is 35.1 Å². The Bertz CT molecular complexity index is 358. The first-order valence-corrected chi connectivity index (χ1v) is 7.14. The van der Waals surface area contributed by atoms with Crippen molar-refractivity contribution >= 4 is 27.5 Å². The van der Waals surface area contributed by atoms with Crippen molar-refractivity contribution in [2.24, 2.45) is 0 Å². The molecule has 0 saturated heterocycles. The van der Waals surface area contributed by atoms with Crippen molar-refractivity contribution < 1.29 is 4.39 Å². The van der Waals surface area contributed by atoms with Crippen LogP contribution in [0.4, 0.5) is 4.39 Å². The van der Waals surface area contributed by atoms with Crippen LogP contribution < -0.4 is 5.32 Å². The molecule has 0 aliphatic heterocycles. The first-order chi connectivity index (χ1) is 8.06. The summed E-state index contributed by atoms with van der Waals surface area (Å²) in [5.74, 6) is 0.356. The Labute approximate surface area is 116 Å². The molecule has 1 N–H and O–H groups in total. The maximum Gasteiger partial charge on any atom is 0.124 e. The van der Waals surface area contributed by atoms with Gasteiger partial charge in [-0.15, -0.1) is 11.6 Å². The van der Waals surface area contributed by atoms with Crippen molar-refractivity contribution in [2.45, 2.75) is 38.8 Å². The molecule has 1 nitrogen and oxygen atoms in total. The maximum atomic E-state index is 12.9. The number of hydrogen-bond donors (Lipinski definition) is 1. The lowest BCUT2D eigenvalue weighted by atomic mass is 9.95. The molecular weight excluding hydrogens is 305 g/mol. The lowest BCUT2D eigenvalue weighted by Gasteiger charge is -2.31. The van der Waals surface area contributed by atoms with Gasteiger partial charge in [0.05, 0.1) is 0 Å². The molecule has 0 amide bonds. The summed E-state index contributed by atoms with van der Waals surface area (Å²) >= 11 is 9.39. The Morgan fingerprint density at radius 2 is 2.00 bits per heavy atom. The SMILES string of the molecule is CCC(CC)(CCl)NCc1ccc(F)cc1Br. The lowest BCUT2D eigenvalue weighted by Crippen LogP contribution is -2.45. The van der Waals surface area contributed by atoms with Gasteiger partial charge in [-0.2, -0.15) is 0 Å². The molecule has 0 aromatic heterocycles. The van der Waals surface area contributed by atoms with Crippen molar-refractivity contribution in [2.75, 3.05) is 5.88 Å². The summed E-state index contributed by atoms with van der Waals surface area (Å²) in [6.45, 7) is 4.94. The van der Waals surface area contributed by atoms with Gasteiger partial charge in [0.15, 0.2) is 0 Å². The van der Waals surface area contributed by atoms with Crippen LogP contribution in [0.25, 0.3) is 0 Å². The fourth-order valence-electron chi connectivity index (χ4n) is 1.68. The topological polar surface area (TPSA) is 12.0 Å². The predicted octanol–water partition coefficient (Wildman–Crippen LogP) is 4.48. The highest BCUT2D eigenvalue weighted by Crippen LogP contribution is 2.21. The summed E-state index contributed by atoms with van der Waals surface area (Å²) in [4.78, 5) is 0. The van der Waals surface area contributed by atoms with Crippen LogP contribution in [0, 0.1) is 5.82 Å². The van der Waals surface area contributed by atoms with Crippen LogP contribution in [0.1, 0.15) is 32.3 Å². The van der Waals surface area contributed by atoms with Gasteiger partial charge in [0.1, 0.15) is 5.82 Å². The highest BCUT2D eigenvalue weighted by Gasteiger charge is 2.24. The van der Waals surface area contributed by atoms with Crippen LogP contribution in [0.5, 0.6) is 0 Å². The minimum atomic E-state index is -0.227. The first-order valence-electron chi connectivity index (χ1n) is 5.82. The predicted molar refractivity (Wildman–Crippen MR) is 75.0 cm³/mol. The van der Waals surface area contributed by atoms with Gasteiger partial charge < -0.3 is 5.32 Å². The van der Waals surface area contributed by atoms with E-state index in [-0.39, 0.29) is 11.4 Å². The summed E-state index contributed by atoms with van der Waals surface area (Å²) in [5.41, 5.74) is 1.01. The van der Waals surface area contributed by atoms with Gasteiger partial charge >= 0.3 is 0 Å². The van der Waals surface area contributed by atoms with E-state index in [0.717, 1.165) is 22.9 Å². The van der Waals surface area contributed by atoms with Gasteiger partial charge in [0.2, 0.25) is 0 Å². The molecule has 0 spiro atoms. The minimum absolute atomic E-state index is 0.0324. The molecule has 0 unspecified atom stereocenters. The minimum Gasteiger partial charge on any atom is -0.306 e. The Hall–Kier alpha value is -0.120. The zero-order valence-corrected chi connectivity index (χ0v) is 12.5. The number of rotatable bonds is 6. The summed E-state index contributed by atoms with van der Waals surface area (Å²) < 4.78 is 13.7. The summed E-state index contributed by atoms with van der Waals surface area (Å²) in [6, 6.07) is 4.75. The molecule has 0 fully saturated rings. The second kappa shape index (κ2) is 6.72. The standard InChI is InChI=1S/C13H18BrClFN/c1-3-13(4-2,9-15)17-8-10-5-6-11(16)7-12(10)14/h5-7,17H,3-4,8-9H2,1-2H3. The Morgan fingerprint density at radius 1 is 1.35 bits per heavy atom. The molecule has 0 aliphatic carbocycles. The van der Waals surface area contributed by atoms with Gasteiger partial charge in [-0.1, -0.05) is 35.8 Å². The van der Waals surface area contributed by atoms with Gasteiger partial charge in [-0.05, 0) is 30.5 Å². The van der Waals surface area contributed by atoms with Crippen LogP contribution in [-0.2, 0) is 6.54 Å². The van der Waals surface area contributed by atoms with Crippen molar-refractivity contribution in [3.63, 3.8) is 0 Å². The highest BCUT2D eigenvalue weighted by molar-refractivity contribution is 9.10. The fraction of sp³-hybridized carbons (Fsp3) is 0.538. The lowest BCUT2D eigenvalue weighted by molar-refractivity contribution is 0.334. The zero-order valence-electron chi connectivity index (χ0n) is 10.2. The quantitative estimate of drug-likeness (QED) is 0.762. The number of hydrogen-bond acceptors (Lipinski definition) is 1. The third kappa shape index (κ3) is 3.94. The molecule has 17 heavy (non-hydrogen) atoms. The van der Waals surface area contributed by atoms with Gasteiger partial charge in [-0.25, -0.2) is 4.39 Å². The van der Waals surface area contributed by atoms with Crippen molar-refractivity contribution in [1.29, 1.82) is 0 Å². The van der Waals surface area contributed by atoms with Crippen LogP contribution in [0.2, 0.25) is 0 Å². The molecule has 0 radical (unpaired) electrons. The Morgan fingerprint density at radius 3 is 2.47 bits per heavy atom. The molecule has 0 saturated carbocycles. The average Bonchev–Trinajstić information content (AvgIpc) is 2.33. The molecule has 1 aromatic carbocycles. The number of benzene rings is 1. The smallest absolute Gasteiger partial charge is 0.124 e. The molecule has 96 valence electrons. The highest BCUT2D eigenvalue weighted by atomic mass is 79.9. The molecular formula is C13H18BrClFN. The van der Waals surface area contributed by atoms with E-state index in [9.17, 15) is 4.39 Å². The number of alkyl halides is 1. The van der Waals surface area contributed by atoms with Gasteiger partial charge in [-0.3, -0.25) is 0 Å². The maximum absolute atomic E-state index is 12.9. The third-order valence-corrected chi connectivity index (χ3v) is 4.53. The summed E-state index contributed by atoms with van der Waals surface area (Å²) in [6.07, 6.45) is 1.96. The third-order valence-electron chi connectivity index (χ3n) is 3.28. The van der Waals surface area contributed by atoms with E-state index in [1.54, 1.807) is 6.07 Å². The van der Waals surface area contributed by atoms with Crippen molar-refractivity contribution in [1.82, 2.24) is 5.32 Å². The second-order valence-electron chi connectivity index (χ2n) is 4.21. The Kier molecular flexibility index (Phi) is 5.90. The molecule has 4 heteroatoms. The molecule has 0 atom stereocenters. The second-order valence-corrected chi connectivity index (χ2v) is 5.33. The van der Waals surface area contributed by atoms with E-state index in [4.69, 9.17) is 11.6 Å². The van der Waals surface area contributed by atoms with E-state index in [0.29, 0.717) is 12.4 Å². The van der Waals surface area contributed by atoms with Crippen molar-refractivity contribution in [3.05, 3.63) is 34.1 Å². The van der Waals surface area contributed by atoms with Crippen LogP contribution in [-0.4, -0.2) is 11.4 Å². The summed E-state index contributed by atoms with van der Waals surface area (Å²) in [7, 11) is 0. The largest absolute Gasteiger partial charge is 0.306 e. The normalized spacial score (nSPS) is 11.8. The van der Waals surface area contributed by atoms with Crippen LogP contribution in [0.15, 0.2) is 22.7 Å². The van der Waals surface area contributed by atoms with Gasteiger partial charge in [0, 0.05) is 22.4 Å². The fourth-order valence-corrected chi connectivity index (χ4v) is 2.65.